The molecule has 0 aliphatic carbocycles. The third-order valence-corrected chi connectivity index (χ3v) is 12.3. The van der Waals surface area contributed by atoms with Crippen LogP contribution in [0.15, 0.2) is 0 Å². The van der Waals surface area contributed by atoms with Crippen molar-refractivity contribution in [3.8, 4) is 0 Å². The average molecular weight is 545 g/mol. The van der Waals surface area contributed by atoms with Gasteiger partial charge in [-0.3, -0.25) is 4.90 Å². The number of likely N-dealkylation sites (tertiary alicyclic amines) is 5. The molecule has 6 rings (SSSR count). The number of piperidine rings is 2. The smallest absolute Gasteiger partial charge is 0.0743 e. The third kappa shape index (κ3) is 6.38. The number of fused-ring (bicyclic) bond motifs is 1. The molecule has 6 aliphatic heterocycles. The monoisotopic (exact) mass is 544 g/mol. The maximum absolute atomic E-state index is 3.75. The molecule has 224 valence electrons. The molecule has 0 saturated carbocycles. The van der Waals surface area contributed by atoms with Crippen LogP contribution >= 0.6 is 0 Å². The van der Waals surface area contributed by atoms with Crippen molar-refractivity contribution in [2.24, 2.45) is 22.7 Å². The summed E-state index contributed by atoms with van der Waals surface area (Å²) in [6.07, 6.45) is 10.0. The molecule has 8 nitrogen and oxygen atoms in total. The van der Waals surface area contributed by atoms with E-state index in [4.69, 9.17) is 0 Å². The molecule has 6 aliphatic rings. The molecule has 0 aromatic rings. The van der Waals surface area contributed by atoms with Crippen molar-refractivity contribution < 1.29 is 0 Å². The Morgan fingerprint density at radius 3 is 2.26 bits per heavy atom. The Morgan fingerprint density at radius 2 is 1.46 bits per heavy atom. The molecule has 2 N–H and O–H groups in total. The van der Waals surface area contributed by atoms with Crippen LogP contribution in [0.1, 0.15) is 65.7 Å². The first-order chi connectivity index (χ1) is 18.7. The summed E-state index contributed by atoms with van der Waals surface area (Å²) in [7, 11) is 4.60. The quantitative estimate of drug-likeness (QED) is 0.451. The highest BCUT2D eigenvalue weighted by molar-refractivity contribution is 4.98. The SMILES string of the molecule is CC(C)N1CC2CC(NNN3CCC4(CCN(CCC(C)N5CCC6(CCN(C)CC6)C5)C4)C3)N(C)CC2C1. The molecule has 5 unspecified atom stereocenters. The van der Waals surface area contributed by atoms with Gasteiger partial charge in [-0.15, -0.1) is 0 Å². The number of hydrazine groups is 2. The minimum atomic E-state index is 0.440. The van der Waals surface area contributed by atoms with Crippen molar-refractivity contribution in [1.29, 1.82) is 0 Å². The molecule has 6 saturated heterocycles. The van der Waals surface area contributed by atoms with Gasteiger partial charge in [0.05, 0.1) is 6.17 Å². The van der Waals surface area contributed by atoms with Gasteiger partial charge < -0.3 is 19.6 Å². The molecule has 0 radical (unpaired) electrons. The van der Waals surface area contributed by atoms with E-state index in [0.717, 1.165) is 17.9 Å². The first-order valence-corrected chi connectivity index (χ1v) is 16.6. The number of nitrogens with zero attached hydrogens (tertiary/aromatic N) is 6. The third-order valence-electron chi connectivity index (χ3n) is 12.3. The summed E-state index contributed by atoms with van der Waals surface area (Å²) in [4.78, 5) is 13.4. The molecule has 0 amide bonds. The zero-order valence-electron chi connectivity index (χ0n) is 26.0. The van der Waals surface area contributed by atoms with Gasteiger partial charge in [0.25, 0.3) is 0 Å². The van der Waals surface area contributed by atoms with E-state index in [1.807, 2.05) is 0 Å². The molecule has 0 aromatic carbocycles. The molecular formula is C31H60N8. The highest BCUT2D eigenvalue weighted by Gasteiger charge is 2.45. The summed E-state index contributed by atoms with van der Waals surface area (Å²) in [6.45, 7) is 22.5. The van der Waals surface area contributed by atoms with E-state index in [1.54, 1.807) is 0 Å². The molecule has 6 fully saturated rings. The summed E-state index contributed by atoms with van der Waals surface area (Å²) in [5.74, 6) is 1.69. The van der Waals surface area contributed by atoms with E-state index in [0.29, 0.717) is 23.0 Å². The molecule has 5 atom stereocenters. The van der Waals surface area contributed by atoms with Crippen molar-refractivity contribution in [2.45, 2.75) is 84.0 Å². The van der Waals surface area contributed by atoms with Crippen molar-refractivity contribution in [1.82, 2.24) is 40.5 Å². The Morgan fingerprint density at radius 1 is 0.744 bits per heavy atom. The van der Waals surface area contributed by atoms with Crippen LogP contribution < -0.4 is 11.0 Å². The molecule has 6 heterocycles. The second-order valence-electron chi connectivity index (χ2n) is 15.4. The number of nitrogens with one attached hydrogen (secondary N) is 2. The van der Waals surface area contributed by atoms with Gasteiger partial charge in [-0.05, 0) is 135 Å². The maximum atomic E-state index is 3.75. The summed E-state index contributed by atoms with van der Waals surface area (Å²) >= 11 is 0. The van der Waals surface area contributed by atoms with Crippen molar-refractivity contribution in [2.75, 3.05) is 92.6 Å². The highest BCUT2D eigenvalue weighted by Crippen LogP contribution is 2.42. The Bertz CT molecular complexity index is 814. The summed E-state index contributed by atoms with van der Waals surface area (Å²) in [5.41, 5.74) is 8.56. The van der Waals surface area contributed by atoms with Crippen molar-refractivity contribution in [3.05, 3.63) is 0 Å². The van der Waals surface area contributed by atoms with Gasteiger partial charge >= 0.3 is 0 Å². The van der Waals surface area contributed by atoms with Gasteiger partial charge in [-0.25, -0.2) is 10.4 Å². The topological polar surface area (TPSA) is 43.5 Å². The average Bonchev–Trinajstić information content (AvgIpc) is 3.70. The Kier molecular flexibility index (Phi) is 8.67. The zero-order valence-corrected chi connectivity index (χ0v) is 26.0. The van der Waals surface area contributed by atoms with Crippen molar-refractivity contribution >= 4 is 0 Å². The number of hydrogen-bond acceptors (Lipinski definition) is 8. The maximum Gasteiger partial charge on any atom is 0.0743 e. The lowest BCUT2D eigenvalue weighted by molar-refractivity contribution is 0.0430. The van der Waals surface area contributed by atoms with Crippen LogP contribution in [0, 0.1) is 22.7 Å². The molecule has 0 aromatic heterocycles. The van der Waals surface area contributed by atoms with Gasteiger partial charge in [0, 0.05) is 57.9 Å². The van der Waals surface area contributed by atoms with Crippen LogP contribution in [0.5, 0.6) is 0 Å². The van der Waals surface area contributed by atoms with Crippen LogP contribution in [0.3, 0.4) is 0 Å². The number of rotatable bonds is 8. The van der Waals surface area contributed by atoms with E-state index in [1.165, 1.54) is 123 Å². The van der Waals surface area contributed by atoms with E-state index < -0.39 is 0 Å². The standard InChI is InChI=1S/C31H60N8/c1-25(2)38-20-27-18-29(35(5)19-28(27)21-38)32-33-39-17-11-31(24-39)9-15-36(22-31)12-6-26(3)37-16-10-30(23-37)7-13-34(4)14-8-30/h25-29,32-33H,6-24H2,1-5H3. The summed E-state index contributed by atoms with van der Waals surface area (Å²) in [6, 6.07) is 1.41. The van der Waals surface area contributed by atoms with Crippen LogP contribution in [0.25, 0.3) is 0 Å². The molecular weight excluding hydrogens is 484 g/mol. The van der Waals surface area contributed by atoms with E-state index in [2.05, 4.69) is 75.3 Å². The first kappa shape index (κ1) is 28.8. The largest absolute Gasteiger partial charge is 0.306 e. The lowest BCUT2D eigenvalue weighted by Crippen LogP contribution is -2.59. The minimum absolute atomic E-state index is 0.440. The fourth-order valence-electron chi connectivity index (χ4n) is 9.15. The van der Waals surface area contributed by atoms with Gasteiger partial charge in [-0.2, -0.15) is 5.53 Å². The van der Waals surface area contributed by atoms with Crippen LogP contribution in [-0.2, 0) is 0 Å². The zero-order chi connectivity index (χ0) is 27.2. The molecule has 2 spiro atoms. The lowest BCUT2D eigenvalue weighted by Gasteiger charge is -2.40. The second kappa shape index (κ2) is 11.8. The Labute approximate surface area is 239 Å². The Balaban J connectivity index is 0.906. The summed E-state index contributed by atoms with van der Waals surface area (Å²) < 4.78 is 0. The van der Waals surface area contributed by atoms with E-state index >= 15 is 0 Å². The highest BCUT2D eigenvalue weighted by atomic mass is 15.7. The lowest BCUT2D eigenvalue weighted by atomic mass is 9.78. The fraction of sp³-hybridized carbons (Fsp3) is 1.00. The predicted molar refractivity (Wildman–Crippen MR) is 160 cm³/mol. The van der Waals surface area contributed by atoms with E-state index in [9.17, 15) is 0 Å². The second-order valence-corrected chi connectivity index (χ2v) is 15.4. The molecule has 8 heteroatoms. The number of hydrogen-bond donors (Lipinski definition) is 2. The van der Waals surface area contributed by atoms with Gasteiger partial charge in [-0.1, -0.05) is 0 Å². The van der Waals surface area contributed by atoms with Gasteiger partial charge in [0.1, 0.15) is 0 Å². The predicted octanol–water partition coefficient (Wildman–Crippen LogP) is 2.21. The molecule has 0 bridgehead atoms. The van der Waals surface area contributed by atoms with Crippen LogP contribution in [0.2, 0.25) is 0 Å². The van der Waals surface area contributed by atoms with Gasteiger partial charge in [0.2, 0.25) is 0 Å². The fourth-order valence-corrected chi connectivity index (χ4v) is 9.15. The molecule has 39 heavy (non-hydrogen) atoms. The van der Waals surface area contributed by atoms with Crippen LogP contribution in [-0.4, -0.2) is 140 Å². The van der Waals surface area contributed by atoms with Crippen LogP contribution in [0.4, 0.5) is 0 Å². The van der Waals surface area contributed by atoms with Gasteiger partial charge in [0.15, 0.2) is 0 Å². The van der Waals surface area contributed by atoms with E-state index in [-0.39, 0.29) is 0 Å². The Hall–Kier alpha value is -0.320. The first-order valence-electron chi connectivity index (χ1n) is 16.6. The normalized spacial score (nSPS) is 38.2. The summed E-state index contributed by atoms with van der Waals surface area (Å²) in [5, 5.41) is 2.49. The minimum Gasteiger partial charge on any atom is -0.306 e. The van der Waals surface area contributed by atoms with Crippen molar-refractivity contribution in [3.63, 3.8) is 0 Å².